The fourth-order valence-corrected chi connectivity index (χ4v) is 1.88. The van der Waals surface area contributed by atoms with Crippen LogP contribution in [-0.4, -0.2) is 6.41 Å². The lowest BCUT2D eigenvalue weighted by atomic mass is 10.1. The van der Waals surface area contributed by atoms with Crippen LogP contribution in [-0.2, 0) is 11.0 Å². The Hall–Kier alpha value is -2.64. The number of carbonyl (C=O) groups excluding carboxylic acids is 1. The SMILES string of the molecule is Cc1c(NC=O)cccc1Oc1c(F)cc(C(F)(F)F)cc1F. The average Bonchev–Trinajstić information content (AvgIpc) is 2.45. The number of benzene rings is 2. The highest BCUT2D eigenvalue weighted by Gasteiger charge is 2.33. The van der Waals surface area contributed by atoms with Gasteiger partial charge in [-0.05, 0) is 31.2 Å². The number of amides is 1. The van der Waals surface area contributed by atoms with Gasteiger partial charge < -0.3 is 10.1 Å². The highest BCUT2D eigenvalue weighted by molar-refractivity contribution is 5.74. The van der Waals surface area contributed by atoms with E-state index in [0.717, 1.165) is 0 Å². The van der Waals surface area contributed by atoms with Crippen molar-refractivity contribution in [1.82, 2.24) is 0 Å². The van der Waals surface area contributed by atoms with Crippen molar-refractivity contribution in [2.24, 2.45) is 0 Å². The molecule has 0 unspecified atom stereocenters. The van der Waals surface area contributed by atoms with E-state index in [1.165, 1.54) is 25.1 Å². The maximum absolute atomic E-state index is 13.8. The van der Waals surface area contributed by atoms with Gasteiger partial charge in [-0.3, -0.25) is 4.79 Å². The first-order chi connectivity index (χ1) is 10.7. The molecule has 0 aromatic heterocycles. The van der Waals surface area contributed by atoms with Gasteiger partial charge in [0.2, 0.25) is 6.41 Å². The van der Waals surface area contributed by atoms with E-state index in [2.05, 4.69) is 5.32 Å². The summed E-state index contributed by atoms with van der Waals surface area (Å²) in [7, 11) is 0. The van der Waals surface area contributed by atoms with E-state index in [-0.39, 0.29) is 17.9 Å². The maximum Gasteiger partial charge on any atom is 0.416 e. The highest BCUT2D eigenvalue weighted by Crippen LogP contribution is 2.37. The summed E-state index contributed by atoms with van der Waals surface area (Å²) in [5, 5.41) is 2.36. The van der Waals surface area contributed by atoms with Crippen molar-refractivity contribution in [3.05, 3.63) is 53.1 Å². The minimum Gasteiger partial charge on any atom is -0.451 e. The van der Waals surface area contributed by atoms with Crippen LogP contribution in [0.4, 0.5) is 27.6 Å². The molecule has 0 spiro atoms. The Kier molecular flexibility index (Phi) is 4.53. The van der Waals surface area contributed by atoms with Crippen molar-refractivity contribution in [3.8, 4) is 11.5 Å². The number of rotatable bonds is 4. The van der Waals surface area contributed by atoms with Gasteiger partial charge in [0.1, 0.15) is 5.75 Å². The Morgan fingerprint density at radius 3 is 2.26 bits per heavy atom. The molecule has 2 aromatic carbocycles. The third-order valence-electron chi connectivity index (χ3n) is 3.04. The molecule has 0 heterocycles. The molecule has 3 nitrogen and oxygen atoms in total. The molecule has 23 heavy (non-hydrogen) atoms. The second kappa shape index (κ2) is 6.23. The molecule has 122 valence electrons. The highest BCUT2D eigenvalue weighted by atomic mass is 19.4. The fourth-order valence-electron chi connectivity index (χ4n) is 1.88. The van der Waals surface area contributed by atoms with Crippen molar-refractivity contribution in [2.75, 3.05) is 5.32 Å². The Morgan fingerprint density at radius 1 is 1.13 bits per heavy atom. The predicted octanol–water partition coefficient (Wildman–Crippen LogP) is 4.65. The zero-order valence-electron chi connectivity index (χ0n) is 11.7. The molecular weight excluding hydrogens is 321 g/mol. The molecule has 2 aromatic rings. The van der Waals surface area contributed by atoms with Crippen LogP contribution in [0, 0.1) is 18.6 Å². The maximum atomic E-state index is 13.8. The van der Waals surface area contributed by atoms with Crippen molar-refractivity contribution < 1.29 is 31.5 Å². The van der Waals surface area contributed by atoms with Gasteiger partial charge in [-0.15, -0.1) is 0 Å². The second-order valence-electron chi connectivity index (χ2n) is 4.56. The molecule has 2 rings (SSSR count). The topological polar surface area (TPSA) is 38.3 Å². The van der Waals surface area contributed by atoms with Crippen molar-refractivity contribution in [1.29, 1.82) is 0 Å². The van der Waals surface area contributed by atoms with Gasteiger partial charge in [0.15, 0.2) is 17.4 Å². The normalized spacial score (nSPS) is 11.2. The fraction of sp³-hybridized carbons (Fsp3) is 0.133. The van der Waals surface area contributed by atoms with Crippen LogP contribution in [0.1, 0.15) is 11.1 Å². The number of halogens is 5. The van der Waals surface area contributed by atoms with E-state index in [4.69, 9.17) is 4.74 Å². The Labute approximate surface area is 127 Å². The van der Waals surface area contributed by atoms with E-state index >= 15 is 0 Å². The molecule has 0 fully saturated rings. The van der Waals surface area contributed by atoms with E-state index in [1.807, 2.05) is 0 Å². The molecule has 0 aliphatic rings. The first kappa shape index (κ1) is 16.7. The second-order valence-corrected chi connectivity index (χ2v) is 4.56. The minimum atomic E-state index is -4.87. The summed E-state index contributed by atoms with van der Waals surface area (Å²) in [4.78, 5) is 10.5. The molecule has 0 radical (unpaired) electrons. The Morgan fingerprint density at radius 2 is 1.74 bits per heavy atom. The lowest BCUT2D eigenvalue weighted by Gasteiger charge is -2.14. The average molecular weight is 331 g/mol. The first-order valence-electron chi connectivity index (χ1n) is 6.28. The van der Waals surface area contributed by atoms with E-state index in [9.17, 15) is 26.7 Å². The third-order valence-corrected chi connectivity index (χ3v) is 3.04. The zero-order valence-corrected chi connectivity index (χ0v) is 11.7. The van der Waals surface area contributed by atoms with Gasteiger partial charge in [-0.25, -0.2) is 8.78 Å². The van der Waals surface area contributed by atoms with Crippen LogP contribution in [0.2, 0.25) is 0 Å². The smallest absolute Gasteiger partial charge is 0.416 e. The summed E-state index contributed by atoms with van der Waals surface area (Å²) in [6.45, 7) is 1.51. The van der Waals surface area contributed by atoms with Crippen LogP contribution in [0.15, 0.2) is 30.3 Å². The Bertz CT molecular complexity index is 720. The molecule has 8 heteroatoms. The molecule has 0 saturated carbocycles. The quantitative estimate of drug-likeness (QED) is 0.654. The lowest BCUT2D eigenvalue weighted by Crippen LogP contribution is -2.07. The molecule has 0 bridgehead atoms. The number of anilines is 1. The van der Waals surface area contributed by atoms with Crippen LogP contribution in [0.5, 0.6) is 11.5 Å². The molecule has 1 amide bonds. The van der Waals surface area contributed by atoms with Crippen LogP contribution < -0.4 is 10.1 Å². The van der Waals surface area contributed by atoms with Crippen LogP contribution >= 0.6 is 0 Å². The molecule has 0 aliphatic heterocycles. The largest absolute Gasteiger partial charge is 0.451 e. The standard InChI is InChI=1S/C15H10F5NO2/c1-8-12(21-7-22)3-2-4-13(8)23-14-10(16)5-9(6-11(14)17)15(18,19)20/h2-7H,1H3,(H,21,22). The van der Waals surface area contributed by atoms with Crippen molar-refractivity contribution in [3.63, 3.8) is 0 Å². The summed E-state index contributed by atoms with van der Waals surface area (Å²) in [5.41, 5.74) is -0.753. The number of hydrogen-bond donors (Lipinski definition) is 1. The van der Waals surface area contributed by atoms with Crippen molar-refractivity contribution >= 4 is 12.1 Å². The van der Waals surface area contributed by atoms with Gasteiger partial charge in [0, 0.05) is 11.3 Å². The summed E-state index contributed by atoms with van der Waals surface area (Å²) in [6, 6.07) is 4.65. The first-order valence-corrected chi connectivity index (χ1v) is 6.28. The van der Waals surface area contributed by atoms with E-state index in [1.54, 1.807) is 0 Å². The summed E-state index contributed by atoms with van der Waals surface area (Å²) in [5.74, 6) is -3.92. The number of ether oxygens (including phenoxy) is 1. The van der Waals surface area contributed by atoms with E-state index < -0.39 is 29.1 Å². The predicted molar refractivity (Wildman–Crippen MR) is 72.3 cm³/mol. The zero-order chi connectivity index (χ0) is 17.2. The van der Waals surface area contributed by atoms with Crippen LogP contribution in [0.3, 0.4) is 0 Å². The molecular formula is C15H10F5NO2. The molecule has 0 atom stereocenters. The lowest BCUT2D eigenvalue weighted by molar-refractivity contribution is -0.138. The number of hydrogen-bond acceptors (Lipinski definition) is 2. The number of nitrogens with one attached hydrogen (secondary N) is 1. The van der Waals surface area contributed by atoms with Gasteiger partial charge in [-0.1, -0.05) is 6.07 Å². The third kappa shape index (κ3) is 3.58. The van der Waals surface area contributed by atoms with Gasteiger partial charge in [0.05, 0.1) is 5.56 Å². The molecule has 0 aliphatic carbocycles. The van der Waals surface area contributed by atoms with E-state index in [0.29, 0.717) is 17.7 Å². The molecule has 0 saturated heterocycles. The number of alkyl halides is 3. The minimum absolute atomic E-state index is 0.00518. The van der Waals surface area contributed by atoms with Gasteiger partial charge >= 0.3 is 6.18 Å². The number of carbonyl (C=O) groups is 1. The van der Waals surface area contributed by atoms with Gasteiger partial charge in [-0.2, -0.15) is 13.2 Å². The summed E-state index contributed by atoms with van der Waals surface area (Å²) < 4.78 is 70.1. The molecule has 1 N–H and O–H groups in total. The summed E-state index contributed by atoms with van der Waals surface area (Å²) in [6.07, 6.45) is -4.46. The Balaban J connectivity index is 2.42. The van der Waals surface area contributed by atoms with Crippen molar-refractivity contribution in [2.45, 2.75) is 13.1 Å². The van der Waals surface area contributed by atoms with Gasteiger partial charge in [0.25, 0.3) is 0 Å². The monoisotopic (exact) mass is 331 g/mol. The summed E-state index contributed by atoms with van der Waals surface area (Å²) >= 11 is 0. The van der Waals surface area contributed by atoms with Crippen LogP contribution in [0.25, 0.3) is 0 Å².